The number of fused-ring (bicyclic) bond motifs is 1. The zero-order valence-corrected chi connectivity index (χ0v) is 13.7. The molecule has 0 aliphatic carbocycles. The molecule has 21 heavy (non-hydrogen) atoms. The van der Waals surface area contributed by atoms with E-state index in [0.29, 0.717) is 18.2 Å². The molecule has 0 amide bonds. The van der Waals surface area contributed by atoms with Crippen molar-refractivity contribution in [3.8, 4) is 5.75 Å². The highest BCUT2D eigenvalue weighted by atomic mass is 35.5. The molecule has 1 aromatic carbocycles. The number of ether oxygens (including phenoxy) is 1. The van der Waals surface area contributed by atoms with Crippen LogP contribution >= 0.6 is 11.6 Å². The lowest BCUT2D eigenvalue weighted by Crippen LogP contribution is -2.54. The van der Waals surface area contributed by atoms with Crippen molar-refractivity contribution in [3.05, 3.63) is 28.3 Å². The number of nitrogens with one attached hydrogen (secondary N) is 1. The van der Waals surface area contributed by atoms with E-state index in [1.165, 1.54) is 0 Å². The maximum absolute atomic E-state index is 11.4. The molecular formula is C16H22ClNO3. The first-order chi connectivity index (χ1) is 9.65. The van der Waals surface area contributed by atoms with E-state index < -0.39 is 16.9 Å². The van der Waals surface area contributed by atoms with Crippen molar-refractivity contribution in [2.75, 3.05) is 6.61 Å². The quantitative estimate of drug-likeness (QED) is 0.876. The van der Waals surface area contributed by atoms with Crippen LogP contribution in [0.5, 0.6) is 5.75 Å². The monoisotopic (exact) mass is 311 g/mol. The van der Waals surface area contributed by atoms with E-state index in [1.54, 1.807) is 13.8 Å². The topological polar surface area (TPSA) is 58.6 Å². The van der Waals surface area contributed by atoms with E-state index in [0.717, 1.165) is 23.3 Å². The Labute approximate surface area is 130 Å². The van der Waals surface area contributed by atoms with E-state index in [9.17, 15) is 9.90 Å². The number of aliphatic carboxylic acids is 1. The van der Waals surface area contributed by atoms with Crippen LogP contribution in [0.25, 0.3) is 0 Å². The van der Waals surface area contributed by atoms with Crippen LogP contribution in [0.2, 0.25) is 5.02 Å². The van der Waals surface area contributed by atoms with Gasteiger partial charge in [-0.2, -0.15) is 0 Å². The van der Waals surface area contributed by atoms with Gasteiger partial charge in [0.25, 0.3) is 0 Å². The summed E-state index contributed by atoms with van der Waals surface area (Å²) in [7, 11) is 0. The smallest absolute Gasteiger partial charge is 0.310 e. The van der Waals surface area contributed by atoms with Crippen molar-refractivity contribution in [1.82, 2.24) is 5.32 Å². The molecule has 0 fully saturated rings. The molecule has 1 aliphatic heterocycles. The predicted molar refractivity (Wildman–Crippen MR) is 83.0 cm³/mol. The molecule has 2 N–H and O–H groups in total. The highest BCUT2D eigenvalue weighted by Crippen LogP contribution is 2.35. The van der Waals surface area contributed by atoms with Gasteiger partial charge in [0.05, 0.1) is 12.0 Å². The summed E-state index contributed by atoms with van der Waals surface area (Å²) in [6.07, 6.45) is 0.868. The third kappa shape index (κ3) is 3.01. The van der Waals surface area contributed by atoms with Gasteiger partial charge >= 0.3 is 5.97 Å². The summed E-state index contributed by atoms with van der Waals surface area (Å²) in [6.45, 7) is 8.43. The van der Waals surface area contributed by atoms with Crippen molar-refractivity contribution in [3.63, 3.8) is 0 Å². The number of carboxylic acid groups (broad SMARTS) is 1. The zero-order chi connectivity index (χ0) is 15.8. The highest BCUT2D eigenvalue weighted by Gasteiger charge is 2.43. The summed E-state index contributed by atoms with van der Waals surface area (Å²) in [5, 5.41) is 13.4. The van der Waals surface area contributed by atoms with Crippen LogP contribution in [0, 0.1) is 5.41 Å². The summed E-state index contributed by atoms with van der Waals surface area (Å²) in [5.74, 6) is 0.0587. The molecule has 116 valence electrons. The van der Waals surface area contributed by atoms with Gasteiger partial charge in [0.1, 0.15) is 5.75 Å². The second-order valence-electron chi connectivity index (χ2n) is 6.56. The van der Waals surface area contributed by atoms with Gasteiger partial charge in [0.15, 0.2) is 0 Å². The van der Waals surface area contributed by atoms with Crippen molar-refractivity contribution in [1.29, 1.82) is 0 Å². The molecule has 0 unspecified atom stereocenters. The van der Waals surface area contributed by atoms with Crippen LogP contribution < -0.4 is 10.1 Å². The highest BCUT2D eigenvalue weighted by molar-refractivity contribution is 6.30. The molecule has 1 aliphatic rings. The molecule has 1 heterocycles. The van der Waals surface area contributed by atoms with Crippen LogP contribution in [0.15, 0.2) is 12.1 Å². The van der Waals surface area contributed by atoms with Crippen LogP contribution in [0.4, 0.5) is 0 Å². The minimum absolute atomic E-state index is 0.520. The number of hydrogen-bond acceptors (Lipinski definition) is 3. The Kier molecular flexibility index (Phi) is 4.22. The first kappa shape index (κ1) is 16.1. The molecular weight excluding hydrogens is 290 g/mol. The summed E-state index contributed by atoms with van der Waals surface area (Å²) < 4.78 is 5.67. The zero-order valence-electron chi connectivity index (χ0n) is 12.9. The first-order valence-corrected chi connectivity index (χ1v) is 7.45. The lowest BCUT2D eigenvalue weighted by molar-refractivity contribution is -0.151. The second-order valence-corrected chi connectivity index (χ2v) is 7.00. The van der Waals surface area contributed by atoms with E-state index in [-0.39, 0.29) is 0 Å². The third-order valence-corrected chi connectivity index (χ3v) is 4.86. The first-order valence-electron chi connectivity index (χ1n) is 7.07. The lowest BCUT2D eigenvalue weighted by atomic mass is 9.74. The molecule has 0 saturated carbocycles. The molecule has 0 aromatic heterocycles. The Morgan fingerprint density at radius 2 is 2.05 bits per heavy atom. The number of halogens is 1. The number of carboxylic acids is 1. The molecule has 0 atom stereocenters. The third-order valence-electron chi connectivity index (χ3n) is 4.64. The Balaban J connectivity index is 2.19. The Morgan fingerprint density at radius 1 is 1.38 bits per heavy atom. The molecule has 0 spiro atoms. The number of rotatable bonds is 5. The van der Waals surface area contributed by atoms with E-state index >= 15 is 0 Å². The molecule has 1 aromatic rings. The fourth-order valence-corrected chi connectivity index (χ4v) is 2.55. The summed E-state index contributed by atoms with van der Waals surface area (Å²) in [4.78, 5) is 11.4. The van der Waals surface area contributed by atoms with Crippen molar-refractivity contribution in [2.45, 2.75) is 46.2 Å². The van der Waals surface area contributed by atoms with E-state index in [4.69, 9.17) is 16.3 Å². The molecule has 0 saturated heterocycles. The fraction of sp³-hybridized carbons (Fsp3) is 0.562. The van der Waals surface area contributed by atoms with Gasteiger partial charge in [-0.15, -0.1) is 0 Å². The largest absolute Gasteiger partial charge is 0.493 e. The van der Waals surface area contributed by atoms with Crippen molar-refractivity contribution >= 4 is 17.6 Å². The summed E-state index contributed by atoms with van der Waals surface area (Å²) >= 11 is 6.14. The van der Waals surface area contributed by atoms with Gasteiger partial charge in [-0.25, -0.2) is 0 Å². The molecule has 0 radical (unpaired) electrons. The predicted octanol–water partition coefficient (Wildman–Crippen LogP) is 3.25. The molecule has 0 bridgehead atoms. The fourth-order valence-electron chi connectivity index (χ4n) is 2.28. The van der Waals surface area contributed by atoms with Crippen LogP contribution in [0.1, 0.15) is 38.8 Å². The van der Waals surface area contributed by atoms with Crippen LogP contribution in [0.3, 0.4) is 0 Å². The Hall–Kier alpha value is -1.26. The van der Waals surface area contributed by atoms with Gasteiger partial charge in [-0.05, 0) is 45.4 Å². The SMILES string of the molecule is CC(C)(NCc1cc(Cl)cc2c1OCC2)C(C)(C)C(=O)O. The summed E-state index contributed by atoms with van der Waals surface area (Å²) in [6, 6.07) is 3.81. The van der Waals surface area contributed by atoms with Gasteiger partial charge in [0.2, 0.25) is 0 Å². The van der Waals surface area contributed by atoms with Crippen LogP contribution in [-0.2, 0) is 17.8 Å². The molecule has 4 nitrogen and oxygen atoms in total. The maximum Gasteiger partial charge on any atom is 0.310 e. The van der Waals surface area contributed by atoms with E-state index in [2.05, 4.69) is 5.32 Å². The van der Waals surface area contributed by atoms with Gasteiger partial charge < -0.3 is 15.2 Å². The second kappa shape index (κ2) is 5.50. The van der Waals surface area contributed by atoms with Gasteiger partial charge in [0, 0.05) is 29.1 Å². The summed E-state index contributed by atoms with van der Waals surface area (Å²) in [5.41, 5.74) is 0.626. The number of carbonyl (C=O) groups is 1. The number of hydrogen-bond donors (Lipinski definition) is 2. The van der Waals surface area contributed by atoms with Gasteiger partial charge in [-0.3, -0.25) is 4.79 Å². The minimum atomic E-state index is -0.893. The average molecular weight is 312 g/mol. The normalized spacial score (nSPS) is 14.7. The Morgan fingerprint density at radius 3 is 2.67 bits per heavy atom. The van der Waals surface area contributed by atoms with Crippen molar-refractivity contribution < 1.29 is 14.6 Å². The van der Waals surface area contributed by atoms with Crippen LogP contribution in [-0.4, -0.2) is 23.2 Å². The average Bonchev–Trinajstić information content (AvgIpc) is 2.83. The molecule has 5 heteroatoms. The minimum Gasteiger partial charge on any atom is -0.493 e. The maximum atomic E-state index is 11.4. The van der Waals surface area contributed by atoms with Crippen molar-refractivity contribution in [2.24, 2.45) is 5.41 Å². The Bertz CT molecular complexity index is 567. The lowest BCUT2D eigenvalue weighted by Gasteiger charge is -2.39. The standard InChI is InChI=1S/C16H22ClNO3/c1-15(2,14(19)20)16(3,4)18-9-11-8-12(17)7-10-5-6-21-13(10)11/h7-8,18H,5-6,9H2,1-4H3,(H,19,20). The van der Waals surface area contributed by atoms with Gasteiger partial charge in [-0.1, -0.05) is 11.6 Å². The molecule has 2 rings (SSSR count). The van der Waals surface area contributed by atoms with E-state index in [1.807, 2.05) is 26.0 Å². The number of benzene rings is 1.